The summed E-state index contributed by atoms with van der Waals surface area (Å²) in [4.78, 5) is 7.26. The fourth-order valence-electron chi connectivity index (χ4n) is 3.85. The van der Waals surface area contributed by atoms with Crippen LogP contribution in [0, 0.1) is 18.8 Å². The molecular weight excluding hydrogens is 431 g/mol. The van der Waals surface area contributed by atoms with Crippen molar-refractivity contribution in [2.24, 2.45) is 23.9 Å². The molecule has 1 N–H and O–H groups in total. The van der Waals surface area contributed by atoms with Crippen LogP contribution in [0.4, 0.5) is 0 Å². The number of hydrogen-bond acceptors (Lipinski definition) is 4. The van der Waals surface area contributed by atoms with E-state index < -0.39 is 0 Å². The van der Waals surface area contributed by atoms with Crippen molar-refractivity contribution in [1.82, 2.24) is 25.0 Å². The quantitative estimate of drug-likeness (QED) is 0.314. The summed E-state index contributed by atoms with van der Waals surface area (Å²) in [6.45, 7) is 6.23. The van der Waals surface area contributed by atoms with Crippen LogP contribution >= 0.6 is 24.0 Å². The lowest BCUT2D eigenvalue weighted by Crippen LogP contribution is -2.41. The predicted octanol–water partition coefficient (Wildman–Crippen LogP) is 1.96. The van der Waals surface area contributed by atoms with Gasteiger partial charge >= 0.3 is 0 Å². The van der Waals surface area contributed by atoms with Gasteiger partial charge in [0, 0.05) is 33.8 Å². The number of aliphatic imine (C=N–C) groups is 1. The average Bonchev–Trinajstić information content (AvgIpc) is 3.15. The van der Waals surface area contributed by atoms with Crippen molar-refractivity contribution in [2.75, 3.05) is 33.4 Å². The number of likely N-dealkylation sites (tertiary alicyclic amines) is 1. The molecule has 25 heavy (non-hydrogen) atoms. The highest BCUT2D eigenvalue weighted by atomic mass is 127. The zero-order valence-corrected chi connectivity index (χ0v) is 17.9. The Labute approximate surface area is 167 Å². The molecule has 1 aliphatic heterocycles. The predicted molar refractivity (Wildman–Crippen MR) is 109 cm³/mol. The Hall–Kier alpha value is -0.900. The molecule has 1 aliphatic carbocycles. The number of nitrogens with one attached hydrogen (secondary N) is 1. The number of guanidine groups is 1. The molecule has 2 unspecified atom stereocenters. The van der Waals surface area contributed by atoms with Crippen molar-refractivity contribution in [2.45, 2.75) is 39.2 Å². The van der Waals surface area contributed by atoms with Crippen molar-refractivity contribution in [3.05, 3.63) is 11.6 Å². The number of fused-ring (bicyclic) bond motifs is 1. The summed E-state index contributed by atoms with van der Waals surface area (Å²) in [6.07, 6.45) is 5.51. The van der Waals surface area contributed by atoms with Crippen LogP contribution < -0.4 is 5.32 Å². The van der Waals surface area contributed by atoms with Crippen molar-refractivity contribution in [3.8, 4) is 0 Å². The van der Waals surface area contributed by atoms with Gasteiger partial charge in [-0.2, -0.15) is 0 Å². The van der Waals surface area contributed by atoms with Gasteiger partial charge in [0.15, 0.2) is 11.8 Å². The van der Waals surface area contributed by atoms with E-state index >= 15 is 0 Å². The van der Waals surface area contributed by atoms with E-state index in [1.165, 1.54) is 25.7 Å². The van der Waals surface area contributed by atoms with Gasteiger partial charge in [-0.25, -0.2) is 4.99 Å². The van der Waals surface area contributed by atoms with Crippen LogP contribution in [0.5, 0.6) is 0 Å². The van der Waals surface area contributed by atoms with E-state index in [0.29, 0.717) is 13.2 Å². The second-order valence-electron chi connectivity index (χ2n) is 6.99. The van der Waals surface area contributed by atoms with Crippen molar-refractivity contribution in [1.29, 1.82) is 0 Å². The Bertz CT molecular complexity index is 561. The lowest BCUT2D eigenvalue weighted by atomic mass is 9.82. The highest BCUT2D eigenvalue weighted by Crippen LogP contribution is 2.35. The molecule has 0 spiro atoms. The second kappa shape index (κ2) is 9.70. The monoisotopic (exact) mass is 462 g/mol. The third-order valence-electron chi connectivity index (χ3n) is 5.42. The molecule has 0 bridgehead atoms. The third-order valence-corrected chi connectivity index (χ3v) is 5.42. The number of nitrogens with zero attached hydrogens (tertiary/aromatic N) is 5. The number of methoxy groups -OCH3 is 1. The van der Waals surface area contributed by atoms with Crippen LogP contribution in [0.3, 0.4) is 0 Å². The van der Waals surface area contributed by atoms with Crippen LogP contribution in [-0.2, 0) is 18.3 Å². The van der Waals surface area contributed by atoms with Gasteiger partial charge in [-0.3, -0.25) is 0 Å². The average molecular weight is 462 g/mol. The highest BCUT2D eigenvalue weighted by molar-refractivity contribution is 14.0. The van der Waals surface area contributed by atoms with Crippen molar-refractivity contribution >= 4 is 29.9 Å². The van der Waals surface area contributed by atoms with Crippen molar-refractivity contribution < 1.29 is 4.74 Å². The summed E-state index contributed by atoms with van der Waals surface area (Å²) in [5.74, 6) is 4.48. The summed E-state index contributed by atoms with van der Waals surface area (Å²) in [5, 5.41) is 11.8. The molecule has 1 aromatic heterocycles. The first-order chi connectivity index (χ1) is 11.7. The maximum absolute atomic E-state index is 5.17. The molecular formula is C17H31IN6O. The molecule has 1 saturated carbocycles. The lowest BCUT2D eigenvalue weighted by Gasteiger charge is -2.22. The standard InChI is InChI=1S/C17H30N6O.HI/c1-13-20-21-16(22(13)2)10-19-17(18-8-9-24-3)23-11-14-6-4-5-7-15(14)12-23;/h14-15H,4-12H2,1-3H3,(H,18,19);1H. The topological polar surface area (TPSA) is 67.6 Å². The van der Waals surface area contributed by atoms with Crippen LogP contribution in [0.15, 0.2) is 4.99 Å². The summed E-state index contributed by atoms with van der Waals surface area (Å²) < 4.78 is 7.17. The van der Waals surface area contributed by atoms with Gasteiger partial charge in [0.25, 0.3) is 0 Å². The van der Waals surface area contributed by atoms with Gasteiger partial charge in [0.1, 0.15) is 12.4 Å². The molecule has 0 aromatic carbocycles. The first-order valence-corrected chi connectivity index (χ1v) is 9.06. The fraction of sp³-hybridized carbons (Fsp3) is 0.824. The number of aryl methyl sites for hydroxylation is 1. The third kappa shape index (κ3) is 5.06. The van der Waals surface area contributed by atoms with Gasteiger partial charge in [-0.05, 0) is 31.6 Å². The van der Waals surface area contributed by atoms with Gasteiger partial charge < -0.3 is 19.5 Å². The first-order valence-electron chi connectivity index (χ1n) is 9.06. The molecule has 2 fully saturated rings. The largest absolute Gasteiger partial charge is 0.383 e. The Balaban J connectivity index is 0.00000225. The van der Waals surface area contributed by atoms with E-state index in [1.807, 2.05) is 18.5 Å². The second-order valence-corrected chi connectivity index (χ2v) is 6.99. The first kappa shape index (κ1) is 20.4. The van der Waals surface area contributed by atoms with E-state index in [2.05, 4.69) is 20.4 Å². The summed E-state index contributed by atoms with van der Waals surface area (Å²) in [5.41, 5.74) is 0. The summed E-state index contributed by atoms with van der Waals surface area (Å²) >= 11 is 0. The number of rotatable bonds is 5. The van der Waals surface area contributed by atoms with Gasteiger partial charge in [0.2, 0.25) is 0 Å². The molecule has 2 heterocycles. The molecule has 142 valence electrons. The molecule has 0 amide bonds. The van der Waals surface area contributed by atoms with Crippen LogP contribution in [0.25, 0.3) is 0 Å². The van der Waals surface area contributed by atoms with Crippen LogP contribution in [-0.4, -0.2) is 59.0 Å². The maximum atomic E-state index is 5.17. The minimum absolute atomic E-state index is 0. The smallest absolute Gasteiger partial charge is 0.194 e. The van der Waals surface area contributed by atoms with Gasteiger partial charge in [0.05, 0.1) is 6.61 Å². The fourth-order valence-corrected chi connectivity index (χ4v) is 3.85. The van der Waals surface area contributed by atoms with Crippen LogP contribution in [0.2, 0.25) is 0 Å². The minimum Gasteiger partial charge on any atom is -0.383 e. The van der Waals surface area contributed by atoms with Crippen LogP contribution in [0.1, 0.15) is 37.3 Å². The summed E-state index contributed by atoms with van der Waals surface area (Å²) in [6, 6.07) is 0. The van der Waals surface area contributed by atoms with E-state index in [-0.39, 0.29) is 24.0 Å². The Morgan fingerprint density at radius 3 is 2.48 bits per heavy atom. The zero-order valence-electron chi connectivity index (χ0n) is 15.6. The molecule has 2 atom stereocenters. The highest BCUT2D eigenvalue weighted by Gasteiger charge is 2.35. The van der Waals surface area contributed by atoms with Gasteiger partial charge in [-0.15, -0.1) is 34.2 Å². The molecule has 8 heteroatoms. The molecule has 0 radical (unpaired) electrons. The van der Waals surface area contributed by atoms with Gasteiger partial charge in [-0.1, -0.05) is 12.8 Å². The Morgan fingerprint density at radius 2 is 1.92 bits per heavy atom. The summed E-state index contributed by atoms with van der Waals surface area (Å²) in [7, 11) is 3.72. The molecule has 7 nitrogen and oxygen atoms in total. The van der Waals surface area contributed by atoms with E-state index in [1.54, 1.807) is 7.11 Å². The Morgan fingerprint density at radius 1 is 1.24 bits per heavy atom. The molecule has 3 rings (SSSR count). The lowest BCUT2D eigenvalue weighted by molar-refractivity contribution is 0.203. The normalized spacial score (nSPS) is 23.3. The minimum atomic E-state index is 0. The maximum Gasteiger partial charge on any atom is 0.194 e. The Kier molecular flexibility index (Phi) is 7.92. The molecule has 1 saturated heterocycles. The number of halogens is 1. The number of hydrogen-bond donors (Lipinski definition) is 1. The van der Waals surface area contributed by atoms with Crippen molar-refractivity contribution in [3.63, 3.8) is 0 Å². The van der Waals surface area contributed by atoms with E-state index in [4.69, 9.17) is 9.73 Å². The SMILES string of the molecule is COCCNC(=NCc1nnc(C)n1C)N1CC2CCCCC2C1.I. The number of ether oxygens (including phenoxy) is 1. The zero-order chi connectivity index (χ0) is 16.9. The number of aromatic nitrogens is 3. The van der Waals surface area contributed by atoms with E-state index in [0.717, 1.165) is 49.1 Å². The molecule has 1 aromatic rings. The van der Waals surface area contributed by atoms with E-state index in [9.17, 15) is 0 Å². The molecule has 2 aliphatic rings.